The number of pyridine rings is 3. The van der Waals surface area contributed by atoms with E-state index in [0.717, 1.165) is 12.8 Å². The average Bonchev–Trinajstić information content (AvgIpc) is 3.25. The standard InChI is InChI=1S/C22H23N5O2/c1-13-4-3-5-19(14(13)2)26-10-7-17-15(21(26)28)12-16-18(24-17)8-11-27(22(16)29)20-6-9-23-25-20/h6-14,19H,3-5H2,1-2H3,(H,23,25)/t13-,14+,19+/m0/s1. The van der Waals surface area contributed by atoms with Gasteiger partial charge in [-0.1, -0.05) is 26.7 Å². The molecule has 0 spiro atoms. The van der Waals surface area contributed by atoms with Crippen molar-refractivity contribution in [3.05, 3.63) is 63.6 Å². The molecular formula is C22H23N5O2. The predicted molar refractivity (Wildman–Crippen MR) is 112 cm³/mol. The largest absolute Gasteiger partial charge is 0.312 e. The molecule has 0 aromatic carbocycles. The van der Waals surface area contributed by atoms with Crippen LogP contribution in [-0.2, 0) is 0 Å². The fraction of sp³-hybridized carbons (Fsp3) is 0.364. The molecule has 1 aliphatic rings. The summed E-state index contributed by atoms with van der Waals surface area (Å²) >= 11 is 0. The highest BCUT2D eigenvalue weighted by Crippen LogP contribution is 2.37. The zero-order valence-electron chi connectivity index (χ0n) is 16.5. The third-order valence-corrected chi connectivity index (χ3v) is 6.54. The van der Waals surface area contributed by atoms with E-state index in [1.165, 1.54) is 11.0 Å². The highest BCUT2D eigenvalue weighted by Gasteiger charge is 2.29. The van der Waals surface area contributed by atoms with Gasteiger partial charge in [0.1, 0.15) is 5.82 Å². The molecule has 7 nitrogen and oxygen atoms in total. The number of nitrogens with one attached hydrogen (secondary N) is 1. The van der Waals surface area contributed by atoms with Crippen LogP contribution in [0, 0.1) is 11.8 Å². The van der Waals surface area contributed by atoms with Gasteiger partial charge in [-0.2, -0.15) is 5.10 Å². The van der Waals surface area contributed by atoms with Crippen LogP contribution in [0.3, 0.4) is 0 Å². The highest BCUT2D eigenvalue weighted by molar-refractivity contribution is 5.91. The van der Waals surface area contributed by atoms with E-state index in [-0.39, 0.29) is 17.2 Å². The van der Waals surface area contributed by atoms with Crippen molar-refractivity contribution in [2.75, 3.05) is 0 Å². The van der Waals surface area contributed by atoms with Gasteiger partial charge in [0, 0.05) is 24.5 Å². The van der Waals surface area contributed by atoms with Gasteiger partial charge in [0.05, 0.1) is 28.0 Å². The summed E-state index contributed by atoms with van der Waals surface area (Å²) in [6.07, 6.45) is 8.48. The molecule has 4 aromatic heterocycles. The van der Waals surface area contributed by atoms with Crippen molar-refractivity contribution in [1.29, 1.82) is 0 Å². The van der Waals surface area contributed by atoms with Crippen LogP contribution >= 0.6 is 0 Å². The third kappa shape index (κ3) is 2.80. The number of H-pyrrole nitrogens is 1. The normalized spacial score (nSPS) is 22.3. The summed E-state index contributed by atoms with van der Waals surface area (Å²) in [6, 6.07) is 7.28. The van der Waals surface area contributed by atoms with Crippen molar-refractivity contribution in [3.8, 4) is 5.82 Å². The molecule has 148 valence electrons. The average molecular weight is 389 g/mol. The monoisotopic (exact) mass is 389 g/mol. The molecule has 1 saturated carbocycles. The summed E-state index contributed by atoms with van der Waals surface area (Å²) in [5.41, 5.74) is 0.902. The quantitative estimate of drug-likeness (QED) is 0.532. The van der Waals surface area contributed by atoms with Crippen molar-refractivity contribution < 1.29 is 0 Å². The molecule has 0 saturated heterocycles. The molecule has 0 unspecified atom stereocenters. The van der Waals surface area contributed by atoms with Crippen LogP contribution in [0.25, 0.3) is 27.6 Å². The third-order valence-electron chi connectivity index (χ3n) is 6.54. The first kappa shape index (κ1) is 17.8. The molecule has 0 aliphatic heterocycles. The Morgan fingerprint density at radius 1 is 1.00 bits per heavy atom. The van der Waals surface area contributed by atoms with Crippen LogP contribution in [0.4, 0.5) is 0 Å². The fourth-order valence-corrected chi connectivity index (χ4v) is 4.62. The van der Waals surface area contributed by atoms with Gasteiger partial charge >= 0.3 is 0 Å². The van der Waals surface area contributed by atoms with Gasteiger partial charge < -0.3 is 4.57 Å². The topological polar surface area (TPSA) is 85.6 Å². The van der Waals surface area contributed by atoms with E-state index in [0.29, 0.717) is 39.5 Å². The van der Waals surface area contributed by atoms with E-state index in [2.05, 4.69) is 29.0 Å². The second-order valence-electron chi connectivity index (χ2n) is 8.15. The van der Waals surface area contributed by atoms with E-state index < -0.39 is 0 Å². The highest BCUT2D eigenvalue weighted by atomic mass is 16.1. The second kappa shape index (κ2) is 6.69. The number of aromatic nitrogens is 5. The van der Waals surface area contributed by atoms with Gasteiger partial charge in [-0.05, 0) is 36.5 Å². The lowest BCUT2D eigenvalue weighted by atomic mass is 9.78. The minimum atomic E-state index is -0.226. The summed E-state index contributed by atoms with van der Waals surface area (Å²) < 4.78 is 3.34. The number of nitrogens with zero attached hydrogens (tertiary/aromatic N) is 4. The van der Waals surface area contributed by atoms with E-state index in [4.69, 9.17) is 0 Å². The van der Waals surface area contributed by atoms with Crippen molar-refractivity contribution >= 4 is 21.8 Å². The molecule has 0 radical (unpaired) electrons. The summed E-state index contributed by atoms with van der Waals surface area (Å²) in [6.45, 7) is 4.49. The van der Waals surface area contributed by atoms with Crippen LogP contribution in [0.1, 0.15) is 39.2 Å². The Morgan fingerprint density at radius 3 is 2.52 bits per heavy atom. The Kier molecular flexibility index (Phi) is 4.12. The van der Waals surface area contributed by atoms with Gasteiger partial charge in [-0.15, -0.1) is 0 Å². The van der Waals surface area contributed by atoms with E-state index >= 15 is 0 Å². The Balaban J connectivity index is 1.72. The Hall–Kier alpha value is -3.22. The lowest BCUT2D eigenvalue weighted by Crippen LogP contribution is -2.33. The maximum Gasteiger partial charge on any atom is 0.265 e. The summed E-state index contributed by atoms with van der Waals surface area (Å²) in [5.74, 6) is 1.60. The Bertz CT molecular complexity index is 1320. The first-order valence-corrected chi connectivity index (χ1v) is 10.1. The van der Waals surface area contributed by atoms with Gasteiger partial charge in [0.25, 0.3) is 11.1 Å². The van der Waals surface area contributed by atoms with Gasteiger partial charge in [0.15, 0.2) is 0 Å². The van der Waals surface area contributed by atoms with Gasteiger partial charge in [-0.3, -0.25) is 19.3 Å². The van der Waals surface area contributed by atoms with Crippen LogP contribution in [-0.4, -0.2) is 24.3 Å². The summed E-state index contributed by atoms with van der Waals surface area (Å²) in [4.78, 5) is 31.0. The summed E-state index contributed by atoms with van der Waals surface area (Å²) in [7, 11) is 0. The minimum Gasteiger partial charge on any atom is -0.312 e. The number of aromatic amines is 1. The van der Waals surface area contributed by atoms with Crippen molar-refractivity contribution in [1.82, 2.24) is 24.3 Å². The van der Waals surface area contributed by atoms with Crippen LogP contribution < -0.4 is 11.1 Å². The predicted octanol–water partition coefficient (Wildman–Crippen LogP) is 3.42. The number of hydrogen-bond acceptors (Lipinski definition) is 4. The molecular weight excluding hydrogens is 366 g/mol. The molecule has 5 rings (SSSR count). The second-order valence-corrected chi connectivity index (χ2v) is 8.15. The molecule has 1 fully saturated rings. The van der Waals surface area contributed by atoms with E-state index in [1.807, 2.05) is 16.8 Å². The Labute approximate surface area is 167 Å². The molecule has 7 heteroatoms. The number of hydrogen-bond donors (Lipinski definition) is 1. The van der Waals surface area contributed by atoms with E-state index in [9.17, 15) is 9.59 Å². The zero-order chi connectivity index (χ0) is 20.1. The molecule has 1 N–H and O–H groups in total. The molecule has 0 amide bonds. The molecule has 1 aliphatic carbocycles. The van der Waals surface area contributed by atoms with Crippen LogP contribution in [0.5, 0.6) is 0 Å². The first-order valence-electron chi connectivity index (χ1n) is 10.1. The maximum atomic E-state index is 13.3. The Morgan fingerprint density at radius 2 is 1.76 bits per heavy atom. The number of fused-ring (bicyclic) bond motifs is 2. The lowest BCUT2D eigenvalue weighted by Gasteiger charge is -2.35. The molecule has 4 heterocycles. The van der Waals surface area contributed by atoms with Gasteiger partial charge in [-0.25, -0.2) is 4.98 Å². The zero-order valence-corrected chi connectivity index (χ0v) is 16.5. The van der Waals surface area contributed by atoms with Crippen LogP contribution in [0.2, 0.25) is 0 Å². The molecule has 3 atom stereocenters. The van der Waals surface area contributed by atoms with Crippen molar-refractivity contribution in [2.24, 2.45) is 11.8 Å². The smallest absolute Gasteiger partial charge is 0.265 e. The molecule has 0 bridgehead atoms. The van der Waals surface area contributed by atoms with Crippen molar-refractivity contribution in [2.45, 2.75) is 39.2 Å². The fourth-order valence-electron chi connectivity index (χ4n) is 4.62. The van der Waals surface area contributed by atoms with E-state index in [1.54, 1.807) is 30.6 Å². The van der Waals surface area contributed by atoms with Crippen LogP contribution in [0.15, 0.2) is 52.4 Å². The number of rotatable bonds is 2. The van der Waals surface area contributed by atoms with Crippen molar-refractivity contribution in [3.63, 3.8) is 0 Å². The van der Waals surface area contributed by atoms with Gasteiger partial charge in [0.2, 0.25) is 0 Å². The minimum absolute atomic E-state index is 0.0702. The maximum absolute atomic E-state index is 13.3. The summed E-state index contributed by atoms with van der Waals surface area (Å²) in [5, 5.41) is 7.62. The molecule has 4 aromatic rings. The molecule has 29 heavy (non-hydrogen) atoms. The SMILES string of the molecule is C[C@H]1[C@H](n2ccc3nc4ccn(-c5ccn[nH]5)c(=O)c4cc3c2=O)CCC[C@@H]1C. The lowest BCUT2D eigenvalue weighted by molar-refractivity contribution is 0.183. The first-order chi connectivity index (χ1) is 14.0.